The Hall–Kier alpha value is -3.05. The Balaban J connectivity index is 1.56. The van der Waals surface area contributed by atoms with Gasteiger partial charge in [-0.3, -0.25) is 4.79 Å². The highest BCUT2D eigenvalue weighted by Crippen LogP contribution is 2.27. The number of pyridine rings is 1. The van der Waals surface area contributed by atoms with Crippen molar-refractivity contribution in [1.29, 1.82) is 5.26 Å². The molecule has 0 bridgehead atoms. The minimum absolute atomic E-state index is 0.0152. The number of rotatable bonds is 3. The van der Waals surface area contributed by atoms with Gasteiger partial charge in [-0.2, -0.15) is 5.26 Å². The molecule has 3 aromatic rings. The highest BCUT2D eigenvalue weighted by molar-refractivity contribution is 9.10. The van der Waals surface area contributed by atoms with Crippen molar-refractivity contribution in [1.82, 2.24) is 20.3 Å². The van der Waals surface area contributed by atoms with Crippen LogP contribution >= 0.6 is 15.9 Å². The maximum atomic E-state index is 12.6. The number of halogens is 1. The fourth-order valence-electron chi connectivity index (χ4n) is 3.63. The number of anilines is 1. The molecule has 0 unspecified atom stereocenters. The number of aromatic nitrogens is 3. The number of nitrogens with one attached hydrogen (secondary N) is 1. The van der Waals surface area contributed by atoms with Crippen molar-refractivity contribution >= 4 is 38.6 Å². The summed E-state index contributed by atoms with van der Waals surface area (Å²) < 4.78 is 0.914. The average Bonchev–Trinajstić information content (AvgIpc) is 2.73. The third-order valence-corrected chi connectivity index (χ3v) is 5.56. The third-order valence-electron chi connectivity index (χ3n) is 5.07. The molecule has 7 nitrogen and oxygen atoms in total. The minimum atomic E-state index is -0.189. The molecule has 1 fully saturated rings. The summed E-state index contributed by atoms with van der Waals surface area (Å²) in [5, 5.41) is 13.5. The Morgan fingerprint density at radius 3 is 3.03 bits per heavy atom. The first-order valence-corrected chi connectivity index (χ1v) is 10.2. The minimum Gasteiger partial charge on any atom is -0.355 e. The summed E-state index contributed by atoms with van der Waals surface area (Å²) in [6, 6.07) is 9.83. The van der Waals surface area contributed by atoms with Crippen molar-refractivity contribution in [3.8, 4) is 6.07 Å². The molecule has 0 radical (unpaired) electrons. The maximum Gasteiger partial charge on any atom is 0.270 e. The molecular formula is C21H19BrN6O. The average molecular weight is 451 g/mol. The zero-order valence-corrected chi connectivity index (χ0v) is 17.5. The van der Waals surface area contributed by atoms with E-state index in [4.69, 9.17) is 4.98 Å². The monoisotopic (exact) mass is 450 g/mol. The van der Waals surface area contributed by atoms with Gasteiger partial charge < -0.3 is 10.2 Å². The first kappa shape index (κ1) is 19.3. The van der Waals surface area contributed by atoms with Gasteiger partial charge in [-0.05, 0) is 49.6 Å². The number of nitrogens with zero attached hydrogens (tertiary/aromatic N) is 5. The molecular weight excluding hydrogens is 432 g/mol. The first-order valence-electron chi connectivity index (χ1n) is 9.38. The summed E-state index contributed by atoms with van der Waals surface area (Å²) in [7, 11) is 0. The Kier molecular flexibility index (Phi) is 5.41. The topological polar surface area (TPSA) is 94.8 Å². The molecule has 1 aliphatic heterocycles. The summed E-state index contributed by atoms with van der Waals surface area (Å²) in [6.07, 6.45) is 4.83. The first-order chi connectivity index (χ1) is 14.0. The van der Waals surface area contributed by atoms with Gasteiger partial charge in [-0.1, -0.05) is 15.9 Å². The van der Waals surface area contributed by atoms with E-state index in [0.29, 0.717) is 17.8 Å². The Morgan fingerprint density at radius 2 is 2.24 bits per heavy atom. The summed E-state index contributed by atoms with van der Waals surface area (Å²) in [5.41, 5.74) is 2.52. The van der Waals surface area contributed by atoms with Crippen LogP contribution in [0.3, 0.4) is 0 Å². The predicted molar refractivity (Wildman–Crippen MR) is 114 cm³/mol. The zero-order chi connectivity index (χ0) is 20.4. The number of amides is 1. The maximum absolute atomic E-state index is 12.6. The number of hydrogen-bond donors (Lipinski definition) is 1. The highest BCUT2D eigenvalue weighted by atomic mass is 79.9. The van der Waals surface area contributed by atoms with Crippen LogP contribution in [0.25, 0.3) is 10.9 Å². The smallest absolute Gasteiger partial charge is 0.270 e. The van der Waals surface area contributed by atoms with Crippen LogP contribution in [0.2, 0.25) is 0 Å². The van der Waals surface area contributed by atoms with Gasteiger partial charge in [0.25, 0.3) is 5.91 Å². The molecule has 0 aliphatic carbocycles. The van der Waals surface area contributed by atoms with Crippen molar-refractivity contribution in [3.05, 3.63) is 58.1 Å². The molecule has 1 atom stereocenters. The van der Waals surface area contributed by atoms with Gasteiger partial charge >= 0.3 is 0 Å². The second-order valence-electron chi connectivity index (χ2n) is 7.11. The van der Waals surface area contributed by atoms with E-state index in [-0.39, 0.29) is 11.9 Å². The van der Waals surface area contributed by atoms with Crippen molar-refractivity contribution in [2.75, 3.05) is 18.0 Å². The van der Waals surface area contributed by atoms with Crippen LogP contribution in [-0.4, -0.2) is 40.0 Å². The highest BCUT2D eigenvalue weighted by Gasteiger charge is 2.24. The lowest BCUT2D eigenvalue weighted by Gasteiger charge is -2.34. The number of aryl methyl sites for hydroxylation is 1. The lowest BCUT2D eigenvalue weighted by atomic mass is 10.0. The summed E-state index contributed by atoms with van der Waals surface area (Å²) in [4.78, 5) is 27.5. The Labute approximate surface area is 176 Å². The Morgan fingerprint density at radius 1 is 1.38 bits per heavy atom. The van der Waals surface area contributed by atoms with Crippen LogP contribution < -0.4 is 10.2 Å². The van der Waals surface area contributed by atoms with Gasteiger partial charge in [0, 0.05) is 35.2 Å². The second kappa shape index (κ2) is 8.13. The number of hydrogen-bond acceptors (Lipinski definition) is 6. The number of fused-ring (bicyclic) bond motifs is 1. The SMILES string of the molecule is Cc1cncnc1C(=O)N[C@H]1CCCN(c2cc(C#N)c3cc(Br)ccc3n2)C1. The molecule has 0 saturated carbocycles. The van der Waals surface area contributed by atoms with Crippen LogP contribution in [0.1, 0.15) is 34.5 Å². The largest absolute Gasteiger partial charge is 0.355 e. The van der Waals surface area contributed by atoms with E-state index in [1.54, 1.807) is 6.20 Å². The molecule has 1 aromatic carbocycles. The van der Waals surface area contributed by atoms with Crippen molar-refractivity contribution in [3.63, 3.8) is 0 Å². The molecule has 29 heavy (non-hydrogen) atoms. The number of carbonyl (C=O) groups is 1. The lowest BCUT2D eigenvalue weighted by molar-refractivity contribution is 0.0927. The number of carbonyl (C=O) groups excluding carboxylic acids is 1. The van der Waals surface area contributed by atoms with E-state index in [9.17, 15) is 10.1 Å². The van der Waals surface area contributed by atoms with Gasteiger partial charge in [0.2, 0.25) is 0 Å². The summed E-state index contributed by atoms with van der Waals surface area (Å²) in [5.74, 6) is 0.569. The van der Waals surface area contributed by atoms with E-state index in [1.165, 1.54) is 6.33 Å². The molecule has 1 aliphatic rings. The van der Waals surface area contributed by atoms with E-state index >= 15 is 0 Å². The van der Waals surface area contributed by atoms with Crippen LogP contribution in [0.5, 0.6) is 0 Å². The van der Waals surface area contributed by atoms with E-state index in [1.807, 2.05) is 31.2 Å². The molecule has 2 aromatic heterocycles. The zero-order valence-electron chi connectivity index (χ0n) is 15.9. The van der Waals surface area contributed by atoms with Crippen LogP contribution in [0.15, 0.2) is 41.3 Å². The second-order valence-corrected chi connectivity index (χ2v) is 8.03. The van der Waals surface area contributed by atoms with Gasteiger partial charge in [-0.25, -0.2) is 15.0 Å². The number of piperidine rings is 1. The van der Waals surface area contributed by atoms with E-state index in [0.717, 1.165) is 46.1 Å². The normalized spacial score (nSPS) is 16.4. The van der Waals surface area contributed by atoms with Gasteiger partial charge in [0.15, 0.2) is 0 Å². The molecule has 146 valence electrons. The molecule has 1 saturated heterocycles. The fraction of sp³-hybridized carbons (Fsp3) is 0.286. The van der Waals surface area contributed by atoms with Crippen molar-refractivity contribution in [2.24, 2.45) is 0 Å². The van der Waals surface area contributed by atoms with Gasteiger partial charge in [-0.15, -0.1) is 0 Å². The molecule has 8 heteroatoms. The standard InChI is InChI=1S/C21H19BrN6O/c1-13-10-24-12-25-20(13)21(29)26-16-3-2-6-28(11-16)19-7-14(9-23)17-8-15(22)4-5-18(17)27-19/h4-5,7-8,10,12,16H,2-3,6,11H2,1H3,(H,26,29)/t16-/m0/s1. The van der Waals surface area contributed by atoms with Gasteiger partial charge in [0.05, 0.1) is 17.1 Å². The number of benzene rings is 1. The van der Waals surface area contributed by atoms with Crippen molar-refractivity contribution in [2.45, 2.75) is 25.8 Å². The molecule has 0 spiro atoms. The molecule has 3 heterocycles. The van der Waals surface area contributed by atoms with Crippen LogP contribution in [0, 0.1) is 18.3 Å². The fourth-order valence-corrected chi connectivity index (χ4v) is 3.99. The molecule has 1 amide bonds. The van der Waals surface area contributed by atoms with E-state index in [2.05, 4.69) is 42.2 Å². The predicted octanol–water partition coefficient (Wildman–Crippen LogP) is 3.37. The molecule has 1 N–H and O–H groups in total. The quantitative estimate of drug-likeness (QED) is 0.656. The Bertz CT molecular complexity index is 1130. The van der Waals surface area contributed by atoms with Crippen LogP contribution in [-0.2, 0) is 0 Å². The van der Waals surface area contributed by atoms with Crippen LogP contribution in [0.4, 0.5) is 5.82 Å². The number of nitriles is 1. The van der Waals surface area contributed by atoms with Gasteiger partial charge in [0.1, 0.15) is 17.8 Å². The summed E-state index contributed by atoms with van der Waals surface area (Å²) >= 11 is 3.45. The molecule has 4 rings (SSSR count). The van der Waals surface area contributed by atoms with Crippen molar-refractivity contribution < 1.29 is 4.79 Å². The third kappa shape index (κ3) is 4.05. The lowest BCUT2D eigenvalue weighted by Crippen LogP contribution is -2.48. The summed E-state index contributed by atoms with van der Waals surface area (Å²) in [6.45, 7) is 3.29. The van der Waals surface area contributed by atoms with E-state index < -0.39 is 0 Å².